The van der Waals surface area contributed by atoms with Crippen molar-refractivity contribution in [3.05, 3.63) is 11.7 Å². The first kappa shape index (κ1) is 14.8. The monoisotopic (exact) mass is 292 g/mol. The lowest BCUT2D eigenvalue weighted by atomic mass is 9.98. The Bertz CT molecular complexity index is 488. The standard InChI is InChI=1S/C11H15F3N4O2/c1-6-15-9(17-20-6)10(19)16-7-3-4-8(11(12,13)14)18(2)5-7/h7-8H,3-5H2,1-2H3,(H,16,19)/t7-,8+/m0/s1. The minimum Gasteiger partial charge on any atom is -0.345 e. The van der Waals surface area contributed by atoms with E-state index in [1.807, 2.05) is 0 Å². The summed E-state index contributed by atoms with van der Waals surface area (Å²) in [5, 5.41) is 6.08. The predicted molar refractivity (Wildman–Crippen MR) is 62.0 cm³/mol. The Kier molecular flexibility index (Phi) is 3.98. The van der Waals surface area contributed by atoms with E-state index < -0.39 is 18.1 Å². The van der Waals surface area contributed by atoms with Crippen molar-refractivity contribution >= 4 is 5.91 Å². The van der Waals surface area contributed by atoms with Crippen LogP contribution in [-0.4, -0.2) is 52.8 Å². The van der Waals surface area contributed by atoms with Gasteiger partial charge >= 0.3 is 6.18 Å². The van der Waals surface area contributed by atoms with Crippen LogP contribution in [0.4, 0.5) is 13.2 Å². The van der Waals surface area contributed by atoms with Crippen molar-refractivity contribution in [3.8, 4) is 0 Å². The van der Waals surface area contributed by atoms with Gasteiger partial charge in [0.05, 0.1) is 0 Å². The maximum atomic E-state index is 12.7. The molecule has 1 saturated heterocycles. The van der Waals surface area contributed by atoms with Crippen molar-refractivity contribution < 1.29 is 22.5 Å². The molecule has 20 heavy (non-hydrogen) atoms. The molecule has 1 amide bonds. The van der Waals surface area contributed by atoms with E-state index >= 15 is 0 Å². The van der Waals surface area contributed by atoms with E-state index in [1.54, 1.807) is 6.92 Å². The lowest BCUT2D eigenvalue weighted by molar-refractivity contribution is -0.188. The predicted octanol–water partition coefficient (Wildman–Crippen LogP) is 1.13. The normalized spacial score (nSPS) is 24.6. The number of carbonyl (C=O) groups excluding carboxylic acids is 1. The Labute approximate surface area is 113 Å². The average Bonchev–Trinajstić information content (AvgIpc) is 2.74. The minimum absolute atomic E-state index is 0.0454. The van der Waals surface area contributed by atoms with Crippen molar-refractivity contribution in [2.45, 2.75) is 38.0 Å². The first-order chi connectivity index (χ1) is 9.27. The largest absolute Gasteiger partial charge is 0.404 e. The van der Waals surface area contributed by atoms with Crippen molar-refractivity contribution in [3.63, 3.8) is 0 Å². The molecule has 1 aliphatic rings. The number of hydrogen-bond donors (Lipinski definition) is 1. The van der Waals surface area contributed by atoms with Crippen LogP contribution < -0.4 is 5.32 Å². The van der Waals surface area contributed by atoms with Crippen LogP contribution in [0.3, 0.4) is 0 Å². The quantitative estimate of drug-likeness (QED) is 0.885. The molecule has 2 rings (SSSR count). The third-order valence-electron chi connectivity index (χ3n) is 3.27. The van der Waals surface area contributed by atoms with Crippen LogP contribution in [0.5, 0.6) is 0 Å². The number of aryl methyl sites for hydroxylation is 1. The molecule has 9 heteroatoms. The second-order valence-electron chi connectivity index (χ2n) is 4.88. The fourth-order valence-electron chi connectivity index (χ4n) is 2.32. The topological polar surface area (TPSA) is 71.3 Å². The van der Waals surface area contributed by atoms with Gasteiger partial charge < -0.3 is 9.84 Å². The molecule has 1 aliphatic heterocycles. The van der Waals surface area contributed by atoms with Gasteiger partial charge in [-0.05, 0) is 19.9 Å². The number of alkyl halides is 3. The molecule has 2 heterocycles. The van der Waals surface area contributed by atoms with Gasteiger partial charge in [-0.2, -0.15) is 18.2 Å². The molecule has 112 valence electrons. The smallest absolute Gasteiger partial charge is 0.345 e. The fourth-order valence-corrected chi connectivity index (χ4v) is 2.32. The summed E-state index contributed by atoms with van der Waals surface area (Å²) in [4.78, 5) is 16.7. The second-order valence-corrected chi connectivity index (χ2v) is 4.88. The summed E-state index contributed by atoms with van der Waals surface area (Å²) in [6.45, 7) is 1.68. The summed E-state index contributed by atoms with van der Waals surface area (Å²) in [6.07, 6.45) is -4.03. The molecule has 2 atom stereocenters. The van der Waals surface area contributed by atoms with Gasteiger partial charge in [0, 0.05) is 19.5 Å². The summed E-state index contributed by atoms with van der Waals surface area (Å²) in [6, 6.07) is -1.81. The van der Waals surface area contributed by atoms with Gasteiger partial charge in [0.15, 0.2) is 0 Å². The molecule has 0 aromatic carbocycles. The van der Waals surface area contributed by atoms with E-state index in [1.165, 1.54) is 11.9 Å². The van der Waals surface area contributed by atoms with Gasteiger partial charge in [0.1, 0.15) is 6.04 Å². The lowest BCUT2D eigenvalue weighted by Gasteiger charge is -2.38. The maximum absolute atomic E-state index is 12.7. The molecule has 0 saturated carbocycles. The van der Waals surface area contributed by atoms with Crippen molar-refractivity contribution in [1.82, 2.24) is 20.4 Å². The van der Waals surface area contributed by atoms with E-state index in [0.29, 0.717) is 0 Å². The summed E-state index contributed by atoms with van der Waals surface area (Å²) in [5.74, 6) is -0.387. The zero-order chi connectivity index (χ0) is 14.9. The molecule has 0 aliphatic carbocycles. The number of amides is 1. The molecule has 0 bridgehead atoms. The maximum Gasteiger partial charge on any atom is 0.404 e. The van der Waals surface area contributed by atoms with Crippen LogP contribution in [0.25, 0.3) is 0 Å². The molecule has 1 fully saturated rings. The van der Waals surface area contributed by atoms with Gasteiger partial charge in [0.2, 0.25) is 5.89 Å². The molecule has 6 nitrogen and oxygen atoms in total. The second kappa shape index (κ2) is 5.39. The van der Waals surface area contributed by atoms with Crippen LogP contribution in [0, 0.1) is 6.92 Å². The van der Waals surface area contributed by atoms with Gasteiger partial charge in [-0.3, -0.25) is 9.69 Å². The number of nitrogens with one attached hydrogen (secondary N) is 1. The summed E-state index contributed by atoms with van der Waals surface area (Å²) < 4.78 is 42.7. The molecular formula is C11H15F3N4O2. The highest BCUT2D eigenvalue weighted by molar-refractivity contribution is 5.90. The molecule has 0 unspecified atom stereocenters. The zero-order valence-electron chi connectivity index (χ0n) is 11.1. The highest BCUT2D eigenvalue weighted by Crippen LogP contribution is 2.30. The molecule has 0 radical (unpaired) electrons. The number of halogens is 3. The number of piperidine rings is 1. The molecule has 1 aromatic heterocycles. The van der Waals surface area contributed by atoms with Gasteiger partial charge in [0.25, 0.3) is 11.7 Å². The van der Waals surface area contributed by atoms with Crippen LogP contribution in [0.1, 0.15) is 29.4 Å². The first-order valence-electron chi connectivity index (χ1n) is 6.15. The van der Waals surface area contributed by atoms with Crippen LogP contribution >= 0.6 is 0 Å². The molecule has 1 N–H and O–H groups in total. The van der Waals surface area contributed by atoms with E-state index in [4.69, 9.17) is 0 Å². The Morgan fingerprint density at radius 3 is 2.65 bits per heavy atom. The Balaban J connectivity index is 1.92. The number of carbonyl (C=O) groups is 1. The van der Waals surface area contributed by atoms with Gasteiger partial charge in [-0.25, -0.2) is 0 Å². The Morgan fingerprint density at radius 1 is 1.45 bits per heavy atom. The molecular weight excluding hydrogens is 277 g/mol. The van der Waals surface area contributed by atoms with E-state index in [-0.39, 0.29) is 37.1 Å². The van der Waals surface area contributed by atoms with Crippen molar-refractivity contribution in [1.29, 1.82) is 0 Å². The van der Waals surface area contributed by atoms with E-state index in [0.717, 1.165) is 0 Å². The fraction of sp³-hybridized carbons (Fsp3) is 0.727. The highest BCUT2D eigenvalue weighted by Gasteiger charge is 2.44. The third-order valence-corrected chi connectivity index (χ3v) is 3.27. The van der Waals surface area contributed by atoms with Crippen molar-refractivity contribution in [2.24, 2.45) is 0 Å². The molecule has 1 aromatic rings. The number of rotatable bonds is 2. The number of aromatic nitrogens is 2. The first-order valence-corrected chi connectivity index (χ1v) is 6.15. The SMILES string of the molecule is Cc1nc(C(=O)N[C@H]2CC[C@H](C(F)(F)F)N(C)C2)no1. The van der Waals surface area contributed by atoms with E-state index in [9.17, 15) is 18.0 Å². The summed E-state index contributed by atoms with van der Waals surface area (Å²) in [7, 11) is 1.40. The average molecular weight is 292 g/mol. The summed E-state index contributed by atoms with van der Waals surface area (Å²) in [5.41, 5.74) is 0. The Hall–Kier alpha value is -1.64. The summed E-state index contributed by atoms with van der Waals surface area (Å²) >= 11 is 0. The zero-order valence-corrected chi connectivity index (χ0v) is 11.1. The van der Waals surface area contributed by atoms with Crippen molar-refractivity contribution in [2.75, 3.05) is 13.6 Å². The highest BCUT2D eigenvalue weighted by atomic mass is 19.4. The number of hydrogen-bond acceptors (Lipinski definition) is 5. The van der Waals surface area contributed by atoms with Crippen LogP contribution in [-0.2, 0) is 0 Å². The lowest BCUT2D eigenvalue weighted by Crippen LogP contribution is -2.54. The minimum atomic E-state index is -4.24. The van der Waals surface area contributed by atoms with Crippen LogP contribution in [0.15, 0.2) is 4.52 Å². The Morgan fingerprint density at radius 2 is 2.15 bits per heavy atom. The third kappa shape index (κ3) is 3.27. The van der Waals surface area contributed by atoms with E-state index in [2.05, 4.69) is 20.0 Å². The number of nitrogens with zero attached hydrogens (tertiary/aromatic N) is 3. The van der Waals surface area contributed by atoms with Crippen LogP contribution in [0.2, 0.25) is 0 Å². The number of likely N-dealkylation sites (N-methyl/N-ethyl adjacent to an activating group) is 1. The van der Waals surface area contributed by atoms with Gasteiger partial charge in [-0.15, -0.1) is 0 Å². The van der Waals surface area contributed by atoms with Gasteiger partial charge in [-0.1, -0.05) is 5.16 Å². The molecule has 0 spiro atoms. The number of likely N-dealkylation sites (tertiary alicyclic amines) is 1.